The number of benzene rings is 2. The predicted molar refractivity (Wildman–Crippen MR) is 99.8 cm³/mol. The SMILES string of the molecule is COC(=O)[C@]12CCCN1[C@@H](c1ccccc1)[C@@H]([N+](=O)[O-])[C@@H]2c1ccccc1. The Morgan fingerprint density at radius 1 is 1.11 bits per heavy atom. The van der Waals surface area contributed by atoms with Gasteiger partial charge in [0.15, 0.2) is 0 Å². The van der Waals surface area contributed by atoms with E-state index in [0.717, 1.165) is 17.5 Å². The third kappa shape index (κ3) is 2.55. The van der Waals surface area contributed by atoms with E-state index >= 15 is 0 Å². The van der Waals surface area contributed by atoms with Gasteiger partial charge < -0.3 is 4.74 Å². The van der Waals surface area contributed by atoms with Crippen molar-refractivity contribution >= 4 is 5.97 Å². The maximum atomic E-state index is 13.1. The Labute approximate surface area is 157 Å². The summed E-state index contributed by atoms with van der Waals surface area (Å²) < 4.78 is 5.20. The number of hydrogen-bond acceptors (Lipinski definition) is 5. The molecule has 4 rings (SSSR count). The number of rotatable bonds is 4. The summed E-state index contributed by atoms with van der Waals surface area (Å²) in [6.07, 6.45) is 1.37. The van der Waals surface area contributed by atoms with Crippen LogP contribution in [0.1, 0.15) is 35.9 Å². The van der Waals surface area contributed by atoms with Crippen molar-refractivity contribution in [3.63, 3.8) is 0 Å². The Bertz CT molecular complexity index is 842. The Balaban J connectivity index is 1.95. The standard InChI is InChI=1S/C21H22N2O4/c1-27-20(24)21-13-8-14-22(21)18(16-11-6-3-7-12-16)19(23(25)26)17(21)15-9-4-2-5-10-15/h2-7,9-12,17-19H,8,13-14H2,1H3/t17-,18-,19-,21+/m0/s1. The number of fused-ring (bicyclic) bond motifs is 1. The fourth-order valence-corrected chi connectivity index (χ4v) is 5.15. The molecule has 2 aliphatic rings. The molecule has 6 nitrogen and oxygen atoms in total. The minimum Gasteiger partial charge on any atom is -0.468 e. The van der Waals surface area contributed by atoms with Crippen LogP contribution in [0.4, 0.5) is 0 Å². The average Bonchev–Trinajstić information content (AvgIpc) is 3.24. The molecule has 0 aliphatic carbocycles. The lowest BCUT2D eigenvalue weighted by Gasteiger charge is -2.34. The van der Waals surface area contributed by atoms with Gasteiger partial charge in [-0.1, -0.05) is 60.7 Å². The van der Waals surface area contributed by atoms with E-state index in [9.17, 15) is 14.9 Å². The Morgan fingerprint density at radius 3 is 2.26 bits per heavy atom. The normalized spacial score (nSPS) is 30.0. The largest absolute Gasteiger partial charge is 0.468 e. The van der Waals surface area contributed by atoms with Crippen LogP contribution < -0.4 is 0 Å². The number of esters is 1. The summed E-state index contributed by atoms with van der Waals surface area (Å²) in [6, 6.07) is 17.5. The van der Waals surface area contributed by atoms with Gasteiger partial charge in [0.05, 0.1) is 13.0 Å². The van der Waals surface area contributed by atoms with Gasteiger partial charge in [0.25, 0.3) is 0 Å². The summed E-state index contributed by atoms with van der Waals surface area (Å²) in [5, 5.41) is 12.3. The van der Waals surface area contributed by atoms with E-state index < -0.39 is 23.5 Å². The number of carbonyl (C=O) groups excluding carboxylic acids is 1. The molecule has 0 bridgehead atoms. The van der Waals surface area contributed by atoms with Crippen molar-refractivity contribution in [2.45, 2.75) is 36.4 Å². The van der Waals surface area contributed by atoms with Gasteiger partial charge in [0, 0.05) is 11.5 Å². The molecule has 2 fully saturated rings. The molecular formula is C21H22N2O4. The highest BCUT2D eigenvalue weighted by Crippen LogP contribution is 2.57. The number of nitrogens with zero attached hydrogens (tertiary/aromatic N) is 2. The quantitative estimate of drug-likeness (QED) is 0.472. The fourth-order valence-electron chi connectivity index (χ4n) is 5.15. The van der Waals surface area contributed by atoms with Crippen LogP contribution in [0.25, 0.3) is 0 Å². The maximum Gasteiger partial charge on any atom is 0.327 e. The Morgan fingerprint density at radius 2 is 1.70 bits per heavy atom. The van der Waals surface area contributed by atoms with E-state index in [2.05, 4.69) is 0 Å². The molecule has 4 atom stereocenters. The van der Waals surface area contributed by atoms with Crippen LogP contribution in [-0.4, -0.2) is 41.0 Å². The summed E-state index contributed by atoms with van der Waals surface area (Å²) in [7, 11) is 1.37. The van der Waals surface area contributed by atoms with Gasteiger partial charge in [-0.2, -0.15) is 0 Å². The highest BCUT2D eigenvalue weighted by molar-refractivity contribution is 5.84. The molecule has 2 aliphatic heterocycles. The van der Waals surface area contributed by atoms with Crippen LogP contribution in [0.5, 0.6) is 0 Å². The monoisotopic (exact) mass is 366 g/mol. The van der Waals surface area contributed by atoms with Crippen molar-refractivity contribution in [3.8, 4) is 0 Å². The highest BCUT2D eigenvalue weighted by atomic mass is 16.6. The number of ether oxygens (including phenoxy) is 1. The minimum atomic E-state index is -1.01. The first-order chi connectivity index (χ1) is 13.1. The third-order valence-electron chi connectivity index (χ3n) is 6.07. The second kappa shape index (κ2) is 6.78. The van der Waals surface area contributed by atoms with Gasteiger partial charge in [-0.3, -0.25) is 19.8 Å². The molecule has 27 heavy (non-hydrogen) atoms. The molecule has 6 heteroatoms. The van der Waals surface area contributed by atoms with Gasteiger partial charge in [0.2, 0.25) is 6.04 Å². The van der Waals surface area contributed by atoms with Gasteiger partial charge in [-0.05, 0) is 24.0 Å². The smallest absolute Gasteiger partial charge is 0.327 e. The van der Waals surface area contributed by atoms with Crippen molar-refractivity contribution in [1.82, 2.24) is 4.90 Å². The summed E-state index contributed by atoms with van der Waals surface area (Å²) in [5.41, 5.74) is 0.677. The zero-order valence-corrected chi connectivity index (χ0v) is 15.2. The summed E-state index contributed by atoms with van der Waals surface area (Å²) >= 11 is 0. The molecule has 0 radical (unpaired) electrons. The fraction of sp³-hybridized carbons (Fsp3) is 0.381. The van der Waals surface area contributed by atoms with Gasteiger partial charge >= 0.3 is 5.97 Å². The lowest BCUT2D eigenvalue weighted by atomic mass is 9.75. The first kappa shape index (κ1) is 17.7. The summed E-state index contributed by atoms with van der Waals surface area (Å²) in [5.74, 6) is -0.937. The van der Waals surface area contributed by atoms with E-state index in [4.69, 9.17) is 4.74 Å². The molecule has 2 heterocycles. The summed E-state index contributed by atoms with van der Waals surface area (Å²) in [6.45, 7) is 0.641. The lowest BCUT2D eigenvalue weighted by Crippen LogP contribution is -2.51. The van der Waals surface area contributed by atoms with Crippen LogP contribution in [0.15, 0.2) is 60.7 Å². The molecule has 0 saturated carbocycles. The van der Waals surface area contributed by atoms with Gasteiger partial charge in [-0.15, -0.1) is 0 Å². The minimum absolute atomic E-state index is 0.210. The van der Waals surface area contributed by atoms with Gasteiger partial charge in [-0.25, -0.2) is 0 Å². The van der Waals surface area contributed by atoms with E-state index in [1.54, 1.807) is 0 Å². The van der Waals surface area contributed by atoms with Crippen LogP contribution in [0, 0.1) is 10.1 Å². The van der Waals surface area contributed by atoms with Crippen LogP contribution >= 0.6 is 0 Å². The average molecular weight is 366 g/mol. The topological polar surface area (TPSA) is 72.7 Å². The van der Waals surface area contributed by atoms with Crippen LogP contribution in [0.3, 0.4) is 0 Å². The maximum absolute atomic E-state index is 13.1. The molecule has 0 aromatic heterocycles. The van der Waals surface area contributed by atoms with Gasteiger partial charge in [0.1, 0.15) is 11.6 Å². The van der Waals surface area contributed by atoms with Crippen LogP contribution in [-0.2, 0) is 9.53 Å². The Hall–Kier alpha value is -2.73. The Kier molecular flexibility index (Phi) is 4.44. The molecule has 140 valence electrons. The highest BCUT2D eigenvalue weighted by Gasteiger charge is 2.70. The van der Waals surface area contributed by atoms with E-state index in [0.29, 0.717) is 13.0 Å². The number of methoxy groups -OCH3 is 1. The van der Waals surface area contributed by atoms with Crippen molar-refractivity contribution in [2.75, 3.05) is 13.7 Å². The molecular weight excluding hydrogens is 344 g/mol. The van der Waals surface area contributed by atoms with E-state index in [1.807, 2.05) is 65.6 Å². The second-order valence-electron chi connectivity index (χ2n) is 7.23. The number of hydrogen-bond donors (Lipinski definition) is 0. The van der Waals surface area contributed by atoms with E-state index in [1.165, 1.54) is 7.11 Å². The number of carbonyl (C=O) groups is 1. The van der Waals surface area contributed by atoms with Crippen LogP contribution in [0.2, 0.25) is 0 Å². The lowest BCUT2D eigenvalue weighted by molar-refractivity contribution is -0.529. The second-order valence-corrected chi connectivity index (χ2v) is 7.23. The first-order valence-electron chi connectivity index (χ1n) is 9.20. The molecule has 0 spiro atoms. The number of nitro groups is 1. The molecule has 2 aromatic rings. The van der Waals surface area contributed by atoms with Crippen molar-refractivity contribution in [3.05, 3.63) is 81.9 Å². The molecule has 0 amide bonds. The zero-order valence-electron chi connectivity index (χ0n) is 15.2. The molecule has 2 saturated heterocycles. The molecule has 0 unspecified atom stereocenters. The predicted octanol–water partition coefficient (Wildman–Crippen LogP) is 3.18. The van der Waals surface area contributed by atoms with Crippen molar-refractivity contribution < 1.29 is 14.5 Å². The molecule has 0 N–H and O–H groups in total. The van der Waals surface area contributed by atoms with Crippen molar-refractivity contribution in [2.24, 2.45) is 0 Å². The third-order valence-corrected chi connectivity index (χ3v) is 6.07. The van der Waals surface area contributed by atoms with E-state index in [-0.39, 0.29) is 10.9 Å². The zero-order chi connectivity index (χ0) is 19.0. The first-order valence-corrected chi connectivity index (χ1v) is 9.20. The van der Waals surface area contributed by atoms with Crippen molar-refractivity contribution in [1.29, 1.82) is 0 Å². The summed E-state index contributed by atoms with van der Waals surface area (Å²) in [4.78, 5) is 27.2. The molecule has 2 aromatic carbocycles.